The Hall–Kier alpha value is -2.20. The van der Waals surface area contributed by atoms with E-state index >= 15 is 0 Å². The van der Waals surface area contributed by atoms with Gasteiger partial charge in [0.15, 0.2) is 0 Å². The highest BCUT2D eigenvalue weighted by Crippen LogP contribution is 2.18. The van der Waals surface area contributed by atoms with Gasteiger partial charge in [0.1, 0.15) is 5.75 Å². The van der Waals surface area contributed by atoms with Crippen LogP contribution in [-0.4, -0.2) is 12.5 Å². The van der Waals surface area contributed by atoms with Gasteiger partial charge in [-0.3, -0.25) is 4.79 Å². The van der Waals surface area contributed by atoms with Gasteiger partial charge in [-0.25, -0.2) is 0 Å². The van der Waals surface area contributed by atoms with Gasteiger partial charge in [0.2, 0.25) is 5.91 Å². The normalized spacial score (nSPS) is 10.2. The highest BCUT2D eigenvalue weighted by atomic mass is 35.5. The minimum Gasteiger partial charge on any atom is -0.493 e. The fourth-order valence-electron chi connectivity index (χ4n) is 2.27. The van der Waals surface area contributed by atoms with E-state index in [1.54, 1.807) is 12.1 Å². The summed E-state index contributed by atoms with van der Waals surface area (Å²) in [5.41, 5.74) is 8.29. The molecular formula is C20H27ClN2O2. The molecule has 3 N–H and O–H groups in total. The Morgan fingerprint density at radius 3 is 2.48 bits per heavy atom. The average molecular weight is 363 g/mol. The summed E-state index contributed by atoms with van der Waals surface area (Å²) in [7, 11) is 0. The molecule has 0 atom stereocenters. The minimum atomic E-state index is -0.0169. The number of amides is 1. The third kappa shape index (κ3) is 7.48. The Morgan fingerprint density at radius 2 is 1.80 bits per heavy atom. The van der Waals surface area contributed by atoms with Crippen molar-refractivity contribution in [3.63, 3.8) is 0 Å². The van der Waals surface area contributed by atoms with E-state index in [-0.39, 0.29) is 18.3 Å². The molecule has 2 rings (SSSR count). The number of carbonyl (C=O) groups excluding carboxylic acids is 1. The van der Waals surface area contributed by atoms with Gasteiger partial charge in [0.25, 0.3) is 0 Å². The first-order valence-electron chi connectivity index (χ1n) is 8.36. The van der Waals surface area contributed by atoms with Gasteiger partial charge in [0.05, 0.1) is 13.0 Å². The summed E-state index contributed by atoms with van der Waals surface area (Å²) in [4.78, 5) is 12.1. The third-order valence-electron chi connectivity index (χ3n) is 3.75. The smallest absolute Gasteiger partial charge is 0.224 e. The van der Waals surface area contributed by atoms with Crippen molar-refractivity contribution in [1.82, 2.24) is 5.32 Å². The highest BCUT2D eigenvalue weighted by molar-refractivity contribution is 5.85. The quantitative estimate of drug-likeness (QED) is 0.698. The molecule has 0 aromatic heterocycles. The van der Waals surface area contributed by atoms with E-state index in [1.807, 2.05) is 36.4 Å². The van der Waals surface area contributed by atoms with E-state index in [0.29, 0.717) is 31.2 Å². The molecule has 2 aromatic carbocycles. The topological polar surface area (TPSA) is 64.3 Å². The third-order valence-corrected chi connectivity index (χ3v) is 3.75. The SMILES string of the molecule is CC(C)CCOc1ccccc1CNC(=O)Cc1ccc(N)cc1.Cl. The van der Waals surface area contributed by atoms with Crippen molar-refractivity contribution in [2.45, 2.75) is 33.2 Å². The van der Waals surface area contributed by atoms with Crippen LogP contribution in [0.2, 0.25) is 0 Å². The molecule has 0 radical (unpaired) electrons. The van der Waals surface area contributed by atoms with Crippen molar-refractivity contribution >= 4 is 24.0 Å². The van der Waals surface area contributed by atoms with Crippen LogP contribution in [0.1, 0.15) is 31.4 Å². The lowest BCUT2D eigenvalue weighted by Crippen LogP contribution is -2.24. The average Bonchev–Trinajstić information content (AvgIpc) is 2.56. The molecule has 25 heavy (non-hydrogen) atoms. The molecule has 0 saturated carbocycles. The van der Waals surface area contributed by atoms with Gasteiger partial charge in [-0.15, -0.1) is 12.4 Å². The van der Waals surface area contributed by atoms with Crippen molar-refractivity contribution in [1.29, 1.82) is 0 Å². The van der Waals surface area contributed by atoms with Gasteiger partial charge < -0.3 is 15.8 Å². The number of nitrogens with two attached hydrogens (primary N) is 1. The highest BCUT2D eigenvalue weighted by Gasteiger charge is 2.07. The molecule has 0 fully saturated rings. The maximum absolute atomic E-state index is 12.1. The van der Waals surface area contributed by atoms with Crippen LogP contribution in [0.3, 0.4) is 0 Å². The molecule has 0 spiro atoms. The second-order valence-electron chi connectivity index (χ2n) is 6.33. The summed E-state index contributed by atoms with van der Waals surface area (Å²) < 4.78 is 5.85. The molecule has 4 nitrogen and oxygen atoms in total. The van der Waals surface area contributed by atoms with Gasteiger partial charge in [0, 0.05) is 17.8 Å². The predicted octanol–water partition coefficient (Wildman–Crippen LogP) is 3.97. The number of rotatable bonds is 8. The summed E-state index contributed by atoms with van der Waals surface area (Å²) in [6.45, 7) is 5.50. The zero-order chi connectivity index (χ0) is 17.4. The first-order chi connectivity index (χ1) is 11.5. The summed E-state index contributed by atoms with van der Waals surface area (Å²) in [6.07, 6.45) is 1.36. The summed E-state index contributed by atoms with van der Waals surface area (Å²) >= 11 is 0. The van der Waals surface area contributed by atoms with Crippen molar-refractivity contribution in [2.24, 2.45) is 5.92 Å². The lowest BCUT2D eigenvalue weighted by atomic mass is 10.1. The lowest BCUT2D eigenvalue weighted by Gasteiger charge is -2.13. The zero-order valence-electron chi connectivity index (χ0n) is 14.8. The Balaban J connectivity index is 0.00000312. The second kappa shape index (κ2) is 10.6. The lowest BCUT2D eigenvalue weighted by molar-refractivity contribution is -0.120. The van der Waals surface area contributed by atoms with Crippen molar-refractivity contribution in [3.05, 3.63) is 59.7 Å². The largest absolute Gasteiger partial charge is 0.493 e. The Kier molecular flexibility index (Phi) is 8.86. The number of nitrogens with one attached hydrogen (secondary N) is 1. The molecule has 0 aliphatic heterocycles. The molecule has 0 aliphatic rings. The Morgan fingerprint density at radius 1 is 1.12 bits per heavy atom. The molecule has 0 heterocycles. The number of halogens is 1. The molecule has 0 saturated heterocycles. The Bertz CT molecular complexity index is 657. The maximum atomic E-state index is 12.1. The van der Waals surface area contributed by atoms with Crippen LogP contribution < -0.4 is 15.8 Å². The van der Waals surface area contributed by atoms with E-state index < -0.39 is 0 Å². The van der Waals surface area contributed by atoms with Gasteiger partial charge in [-0.2, -0.15) is 0 Å². The van der Waals surface area contributed by atoms with E-state index in [2.05, 4.69) is 19.2 Å². The standard InChI is InChI=1S/C20H26N2O2.ClH/c1-15(2)11-12-24-19-6-4-3-5-17(19)14-22-20(23)13-16-7-9-18(21)10-8-16;/h3-10,15H,11-14,21H2,1-2H3,(H,22,23);1H. The molecule has 0 bridgehead atoms. The van der Waals surface area contributed by atoms with Gasteiger partial charge in [-0.1, -0.05) is 44.2 Å². The maximum Gasteiger partial charge on any atom is 0.224 e. The van der Waals surface area contributed by atoms with Gasteiger partial charge >= 0.3 is 0 Å². The number of nitrogen functional groups attached to an aromatic ring is 1. The van der Waals surface area contributed by atoms with Crippen LogP contribution in [0.5, 0.6) is 5.75 Å². The molecule has 0 unspecified atom stereocenters. The number of para-hydroxylation sites is 1. The predicted molar refractivity (Wildman–Crippen MR) is 105 cm³/mol. The van der Waals surface area contributed by atoms with E-state index in [0.717, 1.165) is 23.3 Å². The second-order valence-corrected chi connectivity index (χ2v) is 6.33. The summed E-state index contributed by atoms with van der Waals surface area (Å²) in [6, 6.07) is 15.2. The Labute approximate surface area is 156 Å². The van der Waals surface area contributed by atoms with Crippen LogP contribution >= 0.6 is 12.4 Å². The molecule has 1 amide bonds. The van der Waals surface area contributed by atoms with Crippen LogP contribution in [0, 0.1) is 5.92 Å². The van der Waals surface area contributed by atoms with Crippen LogP contribution in [0.25, 0.3) is 0 Å². The number of carbonyl (C=O) groups is 1. The van der Waals surface area contributed by atoms with Crippen LogP contribution in [0.4, 0.5) is 5.69 Å². The summed E-state index contributed by atoms with van der Waals surface area (Å²) in [5.74, 6) is 1.43. The van der Waals surface area contributed by atoms with Crippen molar-refractivity contribution in [2.75, 3.05) is 12.3 Å². The number of benzene rings is 2. The van der Waals surface area contributed by atoms with Crippen molar-refractivity contribution in [3.8, 4) is 5.75 Å². The van der Waals surface area contributed by atoms with Crippen molar-refractivity contribution < 1.29 is 9.53 Å². The monoisotopic (exact) mass is 362 g/mol. The molecule has 2 aromatic rings. The fraction of sp³-hybridized carbons (Fsp3) is 0.350. The van der Waals surface area contributed by atoms with Gasteiger partial charge in [-0.05, 0) is 36.1 Å². The zero-order valence-corrected chi connectivity index (χ0v) is 15.6. The number of hydrogen-bond donors (Lipinski definition) is 2. The molecule has 136 valence electrons. The fourth-order valence-corrected chi connectivity index (χ4v) is 2.27. The molecule has 5 heteroatoms. The minimum absolute atomic E-state index is 0. The molecular weight excluding hydrogens is 336 g/mol. The van der Waals surface area contributed by atoms with E-state index in [9.17, 15) is 4.79 Å². The first kappa shape index (κ1) is 20.8. The molecule has 0 aliphatic carbocycles. The number of anilines is 1. The first-order valence-corrected chi connectivity index (χ1v) is 8.36. The number of hydrogen-bond acceptors (Lipinski definition) is 3. The van der Waals surface area contributed by atoms with Crippen LogP contribution in [0.15, 0.2) is 48.5 Å². The van der Waals surface area contributed by atoms with E-state index in [1.165, 1.54) is 0 Å². The summed E-state index contributed by atoms with van der Waals surface area (Å²) in [5, 5.41) is 2.95. The van der Waals surface area contributed by atoms with Crippen LogP contribution in [-0.2, 0) is 17.8 Å². The number of ether oxygens (including phenoxy) is 1. The van der Waals surface area contributed by atoms with E-state index in [4.69, 9.17) is 10.5 Å².